The first-order valence-corrected chi connectivity index (χ1v) is 11.4. The third kappa shape index (κ3) is 6.16. The van der Waals surface area contributed by atoms with Gasteiger partial charge in [-0.25, -0.2) is 0 Å². The number of carbonyl (C=O) groups is 1. The van der Waals surface area contributed by atoms with Gasteiger partial charge in [-0.1, -0.05) is 36.0 Å². The fourth-order valence-corrected chi connectivity index (χ4v) is 4.10. The predicted molar refractivity (Wildman–Crippen MR) is 124 cm³/mol. The number of halogens is 3. The minimum atomic E-state index is -4.35. The van der Waals surface area contributed by atoms with Gasteiger partial charge in [0, 0.05) is 37.6 Å². The van der Waals surface area contributed by atoms with Crippen molar-refractivity contribution in [1.29, 1.82) is 0 Å². The SMILES string of the molecule is O=C(CSc1ccc(N2CCN(c3cccc(C(F)(F)F)c3)CC2)nn1)Nc1ccccc1. The van der Waals surface area contributed by atoms with Crippen LogP contribution in [0.3, 0.4) is 0 Å². The largest absolute Gasteiger partial charge is 0.416 e. The third-order valence-electron chi connectivity index (χ3n) is 5.18. The highest BCUT2D eigenvalue weighted by Gasteiger charge is 2.31. The van der Waals surface area contributed by atoms with Crippen molar-refractivity contribution in [3.05, 3.63) is 72.3 Å². The summed E-state index contributed by atoms with van der Waals surface area (Å²) in [5, 5.41) is 11.9. The van der Waals surface area contributed by atoms with Crippen LogP contribution in [0.25, 0.3) is 0 Å². The molecule has 1 aliphatic heterocycles. The van der Waals surface area contributed by atoms with E-state index in [-0.39, 0.29) is 11.7 Å². The maximum atomic E-state index is 13.0. The number of nitrogens with one attached hydrogen (secondary N) is 1. The lowest BCUT2D eigenvalue weighted by Gasteiger charge is -2.36. The van der Waals surface area contributed by atoms with E-state index in [9.17, 15) is 18.0 Å². The number of benzene rings is 2. The normalized spacial score (nSPS) is 14.3. The van der Waals surface area contributed by atoms with Crippen molar-refractivity contribution in [3.8, 4) is 0 Å². The zero-order valence-electron chi connectivity index (χ0n) is 17.6. The maximum Gasteiger partial charge on any atom is 0.416 e. The highest BCUT2D eigenvalue weighted by Crippen LogP contribution is 2.32. The van der Waals surface area contributed by atoms with Gasteiger partial charge in [-0.3, -0.25) is 4.79 Å². The molecule has 1 aliphatic rings. The number of rotatable bonds is 6. The molecule has 0 saturated carbocycles. The van der Waals surface area contributed by atoms with Crippen molar-refractivity contribution in [1.82, 2.24) is 10.2 Å². The second-order valence-corrected chi connectivity index (χ2v) is 8.45. The van der Waals surface area contributed by atoms with Crippen molar-refractivity contribution >= 4 is 34.9 Å². The van der Waals surface area contributed by atoms with E-state index >= 15 is 0 Å². The van der Waals surface area contributed by atoms with Crippen molar-refractivity contribution in [2.45, 2.75) is 11.2 Å². The van der Waals surface area contributed by atoms with Crippen LogP contribution in [0, 0.1) is 0 Å². The van der Waals surface area contributed by atoms with Crippen LogP contribution in [0.5, 0.6) is 0 Å². The molecule has 0 unspecified atom stereocenters. The molecule has 1 saturated heterocycles. The van der Waals surface area contributed by atoms with Crippen LogP contribution in [-0.4, -0.2) is 48.0 Å². The second kappa shape index (κ2) is 10.1. The molecule has 2 heterocycles. The molecule has 0 spiro atoms. The summed E-state index contributed by atoms with van der Waals surface area (Å²) in [6, 6.07) is 18.3. The Kier molecular flexibility index (Phi) is 7.02. The molecule has 4 rings (SSSR count). The van der Waals surface area contributed by atoms with E-state index in [1.165, 1.54) is 23.9 Å². The van der Waals surface area contributed by atoms with Crippen LogP contribution in [-0.2, 0) is 11.0 Å². The number of alkyl halides is 3. The van der Waals surface area contributed by atoms with E-state index < -0.39 is 11.7 Å². The van der Waals surface area contributed by atoms with Gasteiger partial charge in [0.1, 0.15) is 5.03 Å². The van der Waals surface area contributed by atoms with Crippen molar-refractivity contribution in [3.63, 3.8) is 0 Å². The van der Waals surface area contributed by atoms with Gasteiger partial charge >= 0.3 is 6.18 Å². The monoisotopic (exact) mass is 473 g/mol. The average Bonchev–Trinajstić information content (AvgIpc) is 2.83. The van der Waals surface area contributed by atoms with Crippen LogP contribution in [0.1, 0.15) is 5.56 Å². The summed E-state index contributed by atoms with van der Waals surface area (Å²) in [5.41, 5.74) is 0.670. The summed E-state index contributed by atoms with van der Waals surface area (Å²) >= 11 is 1.30. The summed E-state index contributed by atoms with van der Waals surface area (Å²) < 4.78 is 38.9. The maximum absolute atomic E-state index is 13.0. The molecule has 33 heavy (non-hydrogen) atoms. The van der Waals surface area contributed by atoms with Gasteiger partial charge < -0.3 is 15.1 Å². The number of nitrogens with zero attached hydrogens (tertiary/aromatic N) is 4. The van der Waals surface area contributed by atoms with Crippen LogP contribution in [0.15, 0.2) is 71.8 Å². The topological polar surface area (TPSA) is 61.4 Å². The van der Waals surface area contributed by atoms with Gasteiger partial charge in [0.2, 0.25) is 5.91 Å². The molecule has 2 aromatic carbocycles. The van der Waals surface area contributed by atoms with Gasteiger partial charge in [-0.15, -0.1) is 10.2 Å². The summed E-state index contributed by atoms with van der Waals surface area (Å²) in [6.07, 6.45) is -4.35. The Morgan fingerprint density at radius 3 is 2.30 bits per heavy atom. The fourth-order valence-electron chi connectivity index (χ4n) is 3.49. The number of piperazine rings is 1. The Morgan fingerprint density at radius 2 is 1.64 bits per heavy atom. The zero-order valence-corrected chi connectivity index (χ0v) is 18.4. The summed E-state index contributed by atoms with van der Waals surface area (Å²) in [7, 11) is 0. The predicted octanol–water partition coefficient (Wildman–Crippen LogP) is 4.55. The van der Waals surface area contributed by atoms with Gasteiger partial charge in [-0.05, 0) is 42.5 Å². The molecule has 0 radical (unpaired) electrons. The molecule has 1 aromatic heterocycles. The van der Waals surface area contributed by atoms with E-state index in [4.69, 9.17) is 0 Å². The van der Waals surface area contributed by atoms with Crippen molar-refractivity contribution in [2.24, 2.45) is 0 Å². The van der Waals surface area contributed by atoms with E-state index in [0.717, 1.165) is 11.8 Å². The molecule has 1 fully saturated rings. The molecular weight excluding hydrogens is 451 g/mol. The Balaban J connectivity index is 1.27. The van der Waals surface area contributed by atoms with Gasteiger partial charge in [0.15, 0.2) is 5.82 Å². The lowest BCUT2D eigenvalue weighted by Crippen LogP contribution is -2.47. The average molecular weight is 474 g/mol. The minimum absolute atomic E-state index is 0.122. The van der Waals surface area contributed by atoms with Gasteiger partial charge in [0.05, 0.1) is 11.3 Å². The molecule has 3 aromatic rings. The fraction of sp³-hybridized carbons (Fsp3) is 0.261. The third-order valence-corrected chi connectivity index (χ3v) is 6.10. The van der Waals surface area contributed by atoms with Gasteiger partial charge in [-0.2, -0.15) is 13.2 Å². The molecule has 1 amide bonds. The summed E-state index contributed by atoms with van der Waals surface area (Å²) in [4.78, 5) is 16.1. The number of carbonyl (C=O) groups excluding carboxylic acids is 1. The molecule has 6 nitrogen and oxygen atoms in total. The quantitative estimate of drug-likeness (QED) is 0.530. The molecular formula is C23H22F3N5OS. The Morgan fingerprint density at radius 1 is 0.909 bits per heavy atom. The van der Waals surface area contributed by atoms with E-state index in [1.807, 2.05) is 52.3 Å². The van der Waals surface area contributed by atoms with E-state index in [2.05, 4.69) is 15.5 Å². The molecule has 0 atom stereocenters. The van der Waals surface area contributed by atoms with Crippen LogP contribution < -0.4 is 15.1 Å². The molecule has 0 bridgehead atoms. The Labute approximate surface area is 193 Å². The zero-order chi connectivity index (χ0) is 23.3. The lowest BCUT2D eigenvalue weighted by molar-refractivity contribution is -0.137. The Bertz CT molecular complexity index is 1070. The first-order valence-electron chi connectivity index (χ1n) is 10.4. The number of para-hydroxylation sites is 1. The highest BCUT2D eigenvalue weighted by atomic mass is 32.2. The molecule has 172 valence electrons. The van der Waals surface area contributed by atoms with E-state index in [1.54, 1.807) is 6.07 Å². The number of thioether (sulfide) groups is 1. The lowest BCUT2D eigenvalue weighted by atomic mass is 10.1. The number of aromatic nitrogens is 2. The van der Waals surface area contributed by atoms with Crippen molar-refractivity contribution in [2.75, 3.05) is 47.0 Å². The molecule has 1 N–H and O–H groups in total. The standard InChI is InChI=1S/C23H22F3N5OS/c24-23(25,26)17-5-4-8-19(15-17)30-11-13-31(14-12-30)20-9-10-22(29-28-20)33-16-21(32)27-18-6-2-1-3-7-18/h1-10,15H,11-14,16H2,(H,27,32). The summed E-state index contributed by atoms with van der Waals surface area (Å²) in [6.45, 7) is 2.41. The minimum Gasteiger partial charge on any atom is -0.368 e. The van der Waals surface area contributed by atoms with Gasteiger partial charge in [0.25, 0.3) is 0 Å². The first kappa shape index (κ1) is 22.9. The van der Waals surface area contributed by atoms with Crippen LogP contribution in [0.4, 0.5) is 30.4 Å². The van der Waals surface area contributed by atoms with Crippen molar-refractivity contribution < 1.29 is 18.0 Å². The number of hydrogen-bond acceptors (Lipinski definition) is 6. The number of amides is 1. The number of hydrogen-bond donors (Lipinski definition) is 1. The molecule has 10 heteroatoms. The van der Waals surface area contributed by atoms with Crippen LogP contribution >= 0.6 is 11.8 Å². The smallest absolute Gasteiger partial charge is 0.368 e. The Hall–Kier alpha value is -3.27. The summed E-state index contributed by atoms with van der Waals surface area (Å²) in [5.74, 6) is 0.804. The second-order valence-electron chi connectivity index (χ2n) is 7.45. The van der Waals surface area contributed by atoms with E-state index in [0.29, 0.717) is 42.7 Å². The first-order chi connectivity index (χ1) is 15.9. The molecule has 0 aliphatic carbocycles. The number of anilines is 3. The highest BCUT2D eigenvalue weighted by molar-refractivity contribution is 7.99. The van der Waals surface area contributed by atoms with Crippen LogP contribution in [0.2, 0.25) is 0 Å².